The fourth-order valence-corrected chi connectivity index (χ4v) is 6.85. The molecule has 0 bridgehead atoms. The van der Waals surface area contributed by atoms with Gasteiger partial charge in [-0.15, -0.1) is 0 Å². The molecular formula is C39H48N2O4. The second-order valence-corrected chi connectivity index (χ2v) is 12.9. The molecule has 3 aromatic carbocycles. The molecule has 2 aliphatic carbocycles. The van der Waals surface area contributed by atoms with E-state index in [2.05, 4.69) is 31.3 Å². The van der Waals surface area contributed by atoms with Crippen molar-refractivity contribution in [1.82, 2.24) is 0 Å². The van der Waals surface area contributed by atoms with Crippen molar-refractivity contribution >= 4 is 34.6 Å². The van der Waals surface area contributed by atoms with Gasteiger partial charge in [-0.3, -0.25) is 9.59 Å². The minimum atomic E-state index is -0.552. The van der Waals surface area contributed by atoms with E-state index in [0.717, 1.165) is 44.2 Å². The van der Waals surface area contributed by atoms with Crippen LogP contribution < -0.4 is 11.1 Å². The Bertz CT molecular complexity index is 1500. The normalized spacial score (nSPS) is 17.5. The molecule has 0 radical (unpaired) electrons. The summed E-state index contributed by atoms with van der Waals surface area (Å²) in [7, 11) is 0. The van der Waals surface area contributed by atoms with Crippen molar-refractivity contribution in [1.29, 1.82) is 0 Å². The fourth-order valence-electron chi connectivity index (χ4n) is 6.85. The van der Waals surface area contributed by atoms with Crippen LogP contribution >= 0.6 is 0 Å². The highest BCUT2D eigenvalue weighted by Crippen LogP contribution is 2.39. The third-order valence-corrected chi connectivity index (χ3v) is 9.54. The summed E-state index contributed by atoms with van der Waals surface area (Å²) in [5.41, 5.74) is 9.96. The van der Waals surface area contributed by atoms with Gasteiger partial charge in [0.05, 0.1) is 28.1 Å². The van der Waals surface area contributed by atoms with Crippen LogP contribution in [0.4, 0.5) is 17.1 Å². The molecule has 1 saturated carbocycles. The van der Waals surface area contributed by atoms with Crippen molar-refractivity contribution in [2.24, 2.45) is 5.92 Å². The van der Waals surface area contributed by atoms with Crippen molar-refractivity contribution in [3.05, 3.63) is 88.0 Å². The highest BCUT2D eigenvalue weighted by Gasteiger charge is 2.36. The molecule has 0 unspecified atom stereocenters. The van der Waals surface area contributed by atoms with Crippen molar-refractivity contribution in [2.45, 2.75) is 110 Å². The van der Waals surface area contributed by atoms with Gasteiger partial charge < -0.3 is 15.8 Å². The summed E-state index contributed by atoms with van der Waals surface area (Å²) in [4.78, 5) is 41.2. The first-order chi connectivity index (χ1) is 21.9. The molecule has 0 saturated heterocycles. The van der Waals surface area contributed by atoms with Crippen LogP contribution in [-0.4, -0.2) is 23.6 Å². The summed E-state index contributed by atoms with van der Waals surface area (Å²) in [6.07, 6.45) is 15.7. The lowest BCUT2D eigenvalue weighted by Gasteiger charge is -2.29. The number of esters is 1. The molecular weight excluding hydrogens is 560 g/mol. The van der Waals surface area contributed by atoms with Crippen LogP contribution in [0.5, 0.6) is 0 Å². The number of hydrogen-bond donors (Lipinski definition) is 2. The molecule has 0 spiro atoms. The summed E-state index contributed by atoms with van der Waals surface area (Å²) in [6.45, 7) is 4.44. The molecule has 1 fully saturated rings. The molecule has 2 aliphatic rings. The predicted octanol–water partition coefficient (Wildman–Crippen LogP) is 9.60. The zero-order chi connectivity index (χ0) is 31.8. The van der Waals surface area contributed by atoms with Crippen LogP contribution in [0.3, 0.4) is 0 Å². The molecule has 0 atom stereocenters. The van der Waals surface area contributed by atoms with E-state index >= 15 is 0 Å². The Morgan fingerprint density at radius 1 is 0.800 bits per heavy atom. The summed E-state index contributed by atoms with van der Waals surface area (Å²) in [5.74, 6) is -0.519. The van der Waals surface area contributed by atoms with Gasteiger partial charge in [0.1, 0.15) is 6.10 Å². The van der Waals surface area contributed by atoms with Gasteiger partial charge in [-0.05, 0) is 68.2 Å². The number of aryl methyl sites for hydroxylation is 1. The van der Waals surface area contributed by atoms with Crippen molar-refractivity contribution in [2.75, 3.05) is 11.1 Å². The Kier molecular flexibility index (Phi) is 11.1. The maximum atomic E-state index is 13.8. The maximum absolute atomic E-state index is 13.8. The number of ether oxygens (including phenoxy) is 1. The molecule has 0 heterocycles. The summed E-state index contributed by atoms with van der Waals surface area (Å²) >= 11 is 0. The molecule has 0 aliphatic heterocycles. The number of nitrogen functional groups attached to an aromatic ring is 1. The monoisotopic (exact) mass is 608 g/mol. The molecule has 3 N–H and O–H groups in total. The first-order valence-corrected chi connectivity index (χ1v) is 17.1. The van der Waals surface area contributed by atoms with Crippen molar-refractivity contribution in [3.63, 3.8) is 0 Å². The number of unbranched alkanes of at least 4 members (excludes halogenated alkanes) is 6. The molecule has 0 amide bonds. The number of rotatable bonds is 14. The second-order valence-electron chi connectivity index (χ2n) is 12.9. The molecule has 45 heavy (non-hydrogen) atoms. The Hall–Kier alpha value is -3.93. The first kappa shape index (κ1) is 32.5. The van der Waals surface area contributed by atoms with Crippen molar-refractivity contribution in [3.8, 4) is 0 Å². The lowest BCUT2D eigenvalue weighted by atomic mass is 9.81. The fraction of sp³-hybridized carbons (Fsp3) is 0.462. The van der Waals surface area contributed by atoms with Crippen LogP contribution in [0.1, 0.15) is 145 Å². The Morgan fingerprint density at radius 2 is 1.42 bits per heavy atom. The number of benzene rings is 3. The van der Waals surface area contributed by atoms with Gasteiger partial charge in [-0.1, -0.05) is 102 Å². The van der Waals surface area contributed by atoms with Gasteiger partial charge in [0.25, 0.3) is 0 Å². The van der Waals surface area contributed by atoms with E-state index < -0.39 is 5.97 Å². The van der Waals surface area contributed by atoms with Crippen LogP contribution in [0, 0.1) is 5.92 Å². The second kappa shape index (κ2) is 15.4. The molecule has 5 rings (SSSR count). The molecule has 0 aromatic heterocycles. The number of nitrogens with one attached hydrogen (secondary N) is 1. The lowest BCUT2D eigenvalue weighted by Crippen LogP contribution is -2.27. The van der Waals surface area contributed by atoms with E-state index in [1.807, 2.05) is 12.1 Å². The van der Waals surface area contributed by atoms with E-state index in [0.29, 0.717) is 22.7 Å². The largest absolute Gasteiger partial charge is 0.459 e. The zero-order valence-electron chi connectivity index (χ0n) is 27.0. The maximum Gasteiger partial charge on any atom is 0.340 e. The van der Waals surface area contributed by atoms with Crippen LogP contribution in [0.2, 0.25) is 0 Å². The van der Waals surface area contributed by atoms with E-state index in [1.165, 1.54) is 56.9 Å². The number of carbonyl (C=O) groups excluding carboxylic acids is 3. The quantitative estimate of drug-likeness (QED) is 0.0840. The Balaban J connectivity index is 1.38. The van der Waals surface area contributed by atoms with Crippen LogP contribution in [-0.2, 0) is 11.2 Å². The van der Waals surface area contributed by atoms with E-state index in [9.17, 15) is 14.4 Å². The molecule has 3 aromatic rings. The minimum absolute atomic E-state index is 0.000630. The van der Waals surface area contributed by atoms with Gasteiger partial charge in [-0.2, -0.15) is 0 Å². The highest BCUT2D eigenvalue weighted by molar-refractivity contribution is 6.32. The molecule has 6 heteroatoms. The Labute approximate surface area is 268 Å². The number of hydrogen-bond acceptors (Lipinski definition) is 6. The SMILES string of the molecule is CCCCCCCCc1ccc(Nc2cc(C(=O)OC3CCC(CCCC)CC3)c(N)c3c2C(=O)c2ccccc2C3=O)cc1. The third-order valence-electron chi connectivity index (χ3n) is 9.54. The third kappa shape index (κ3) is 7.66. The van der Waals surface area contributed by atoms with Gasteiger partial charge in [-0.25, -0.2) is 4.79 Å². The number of carbonyl (C=O) groups is 3. The summed E-state index contributed by atoms with van der Waals surface area (Å²) in [6, 6.07) is 16.5. The number of fused-ring (bicyclic) bond motifs is 2. The lowest BCUT2D eigenvalue weighted by molar-refractivity contribution is 0.0162. The van der Waals surface area contributed by atoms with Crippen molar-refractivity contribution < 1.29 is 19.1 Å². The molecule has 6 nitrogen and oxygen atoms in total. The van der Waals surface area contributed by atoms with Crippen LogP contribution in [0.25, 0.3) is 0 Å². The van der Waals surface area contributed by atoms with E-state index in [4.69, 9.17) is 10.5 Å². The number of anilines is 3. The topological polar surface area (TPSA) is 98.5 Å². The smallest absolute Gasteiger partial charge is 0.340 e. The van der Waals surface area contributed by atoms with Gasteiger partial charge in [0.2, 0.25) is 0 Å². The Morgan fingerprint density at radius 3 is 2.09 bits per heavy atom. The van der Waals surface area contributed by atoms with E-state index in [1.54, 1.807) is 30.3 Å². The standard InChI is InChI=1S/C39H48N2O4/c1-3-5-7-8-9-10-14-27-17-21-28(22-18-27)41-33-25-32(39(44)45-29-23-19-26(20-24-29)13-6-4-2)36(40)35-34(33)37(42)30-15-11-12-16-31(30)38(35)43/h11-12,15-18,21-22,25-26,29,41H,3-10,13-14,19-20,23-24,40H2,1-2H3. The zero-order valence-corrected chi connectivity index (χ0v) is 27.0. The van der Waals surface area contributed by atoms with Gasteiger partial charge in [0.15, 0.2) is 11.6 Å². The summed E-state index contributed by atoms with van der Waals surface area (Å²) in [5, 5.41) is 3.35. The van der Waals surface area contributed by atoms with Crippen LogP contribution in [0.15, 0.2) is 54.6 Å². The predicted molar refractivity (Wildman–Crippen MR) is 182 cm³/mol. The summed E-state index contributed by atoms with van der Waals surface area (Å²) < 4.78 is 5.98. The van der Waals surface area contributed by atoms with E-state index in [-0.39, 0.29) is 40.0 Å². The average Bonchev–Trinajstić information content (AvgIpc) is 3.06. The molecule has 238 valence electrons. The average molecular weight is 609 g/mol. The van der Waals surface area contributed by atoms with Gasteiger partial charge >= 0.3 is 5.97 Å². The van der Waals surface area contributed by atoms with Gasteiger partial charge in [0, 0.05) is 16.8 Å². The minimum Gasteiger partial charge on any atom is -0.459 e. The first-order valence-electron chi connectivity index (χ1n) is 17.1. The highest BCUT2D eigenvalue weighted by atomic mass is 16.5. The number of nitrogens with two attached hydrogens (primary N) is 1. The number of ketones is 2.